The molecule has 0 N–H and O–H groups in total. The molecule has 0 saturated carbocycles. The van der Waals surface area contributed by atoms with Crippen LogP contribution >= 0.6 is 0 Å². The van der Waals surface area contributed by atoms with E-state index in [0.717, 1.165) is 29.3 Å². The number of fused-ring (bicyclic) bond motifs is 1. The van der Waals surface area contributed by atoms with E-state index in [1.165, 1.54) is 18.1 Å². The van der Waals surface area contributed by atoms with Gasteiger partial charge in [0.2, 0.25) is 0 Å². The van der Waals surface area contributed by atoms with Crippen molar-refractivity contribution in [2.24, 2.45) is 0 Å². The van der Waals surface area contributed by atoms with Crippen LogP contribution in [0.3, 0.4) is 0 Å². The minimum Gasteiger partial charge on any atom is -0.206 e. The molecular formula is C32H15F9. The zero-order valence-corrected chi connectivity index (χ0v) is 20.8. The van der Waals surface area contributed by atoms with Gasteiger partial charge in [0.1, 0.15) is 29.1 Å². The molecule has 0 aliphatic heterocycles. The van der Waals surface area contributed by atoms with E-state index >= 15 is 13.2 Å². The maximum absolute atomic E-state index is 15.2. The molecule has 5 rings (SSSR count). The molecule has 0 aliphatic rings. The molecule has 0 spiro atoms. The van der Waals surface area contributed by atoms with Gasteiger partial charge in [0.25, 0.3) is 0 Å². The average molecular weight is 570 g/mol. The highest BCUT2D eigenvalue weighted by Crippen LogP contribution is 2.37. The third kappa shape index (κ3) is 5.50. The van der Waals surface area contributed by atoms with E-state index in [-0.39, 0.29) is 11.1 Å². The number of aryl methyl sites for hydroxylation is 1. The standard InChI is InChI=1S/C32H15F9/c1-16-2-4-17(5-3-16)18-6-7-22(24(33)11-18)19-12-26(35)29(27(36)13-19)20-10-21-14-25(34)23(8-9-32(39,40)41)31(38)30(21)28(37)15-20/h2-7,10-15H,1H3. The molecule has 41 heavy (non-hydrogen) atoms. The summed E-state index contributed by atoms with van der Waals surface area (Å²) in [6, 6.07) is 15.1. The molecule has 0 bridgehead atoms. The summed E-state index contributed by atoms with van der Waals surface area (Å²) >= 11 is 0. The molecule has 0 aromatic heterocycles. The number of hydrogen-bond donors (Lipinski definition) is 0. The molecule has 0 unspecified atom stereocenters. The zero-order valence-electron chi connectivity index (χ0n) is 20.8. The lowest BCUT2D eigenvalue weighted by molar-refractivity contribution is -0.0696. The fourth-order valence-electron chi connectivity index (χ4n) is 4.48. The van der Waals surface area contributed by atoms with Crippen molar-refractivity contribution in [1.82, 2.24) is 0 Å². The van der Waals surface area contributed by atoms with Crippen molar-refractivity contribution < 1.29 is 39.5 Å². The fourth-order valence-corrected chi connectivity index (χ4v) is 4.48. The summed E-state index contributed by atoms with van der Waals surface area (Å²) in [5.74, 6) is -5.79. The summed E-state index contributed by atoms with van der Waals surface area (Å²) < 4.78 is 127. The Kier molecular flexibility index (Phi) is 7.03. The molecule has 0 fully saturated rings. The minimum absolute atomic E-state index is 0.105. The summed E-state index contributed by atoms with van der Waals surface area (Å²) in [4.78, 5) is 0. The van der Waals surface area contributed by atoms with Crippen LogP contribution in [-0.2, 0) is 0 Å². The topological polar surface area (TPSA) is 0 Å². The fraction of sp³-hybridized carbons (Fsp3) is 0.0625. The average Bonchev–Trinajstić information content (AvgIpc) is 2.87. The molecule has 0 saturated heterocycles. The van der Waals surface area contributed by atoms with Crippen LogP contribution in [0.4, 0.5) is 39.5 Å². The van der Waals surface area contributed by atoms with Crippen LogP contribution < -0.4 is 0 Å². The summed E-state index contributed by atoms with van der Waals surface area (Å²) in [6.07, 6.45) is -5.05. The number of alkyl halides is 3. The highest BCUT2D eigenvalue weighted by Gasteiger charge is 2.25. The lowest BCUT2D eigenvalue weighted by atomic mass is 9.94. The SMILES string of the molecule is Cc1ccc(-c2ccc(-c3cc(F)c(-c4cc(F)c5c(F)c(C#CC(F)(F)F)c(F)cc5c4)c(F)c3)c(F)c2)cc1. The molecule has 9 heteroatoms. The van der Waals surface area contributed by atoms with E-state index in [0.29, 0.717) is 23.6 Å². The van der Waals surface area contributed by atoms with Crippen LogP contribution in [0, 0.1) is 53.7 Å². The third-order valence-corrected chi connectivity index (χ3v) is 6.41. The molecule has 5 aromatic carbocycles. The Labute approximate surface area is 227 Å². The zero-order chi connectivity index (χ0) is 29.6. The van der Waals surface area contributed by atoms with Gasteiger partial charge in [-0.2, -0.15) is 13.2 Å². The predicted molar refractivity (Wildman–Crippen MR) is 138 cm³/mol. The van der Waals surface area contributed by atoms with E-state index < -0.39 is 68.5 Å². The molecule has 0 nitrogen and oxygen atoms in total. The van der Waals surface area contributed by atoms with Crippen LogP contribution in [0.25, 0.3) is 44.2 Å². The normalized spacial score (nSPS) is 11.5. The van der Waals surface area contributed by atoms with Crippen LogP contribution in [0.5, 0.6) is 0 Å². The van der Waals surface area contributed by atoms with E-state index in [2.05, 4.69) is 0 Å². The number of halogens is 9. The summed E-state index contributed by atoms with van der Waals surface area (Å²) in [7, 11) is 0. The maximum atomic E-state index is 15.2. The van der Waals surface area contributed by atoms with E-state index in [1.807, 2.05) is 19.1 Å². The second-order valence-corrected chi connectivity index (χ2v) is 9.23. The Morgan fingerprint density at radius 2 is 1.15 bits per heavy atom. The molecule has 0 aliphatic carbocycles. The Hall–Kier alpha value is -4.71. The molecule has 0 atom stereocenters. The first kappa shape index (κ1) is 27.8. The van der Waals surface area contributed by atoms with Crippen molar-refractivity contribution in [3.63, 3.8) is 0 Å². The number of rotatable bonds is 3. The molecule has 0 amide bonds. The Balaban J connectivity index is 1.56. The van der Waals surface area contributed by atoms with Gasteiger partial charge in [0.05, 0.1) is 16.5 Å². The van der Waals surface area contributed by atoms with Crippen molar-refractivity contribution in [1.29, 1.82) is 0 Å². The van der Waals surface area contributed by atoms with Crippen molar-refractivity contribution in [2.75, 3.05) is 0 Å². The number of hydrogen-bond acceptors (Lipinski definition) is 0. The van der Waals surface area contributed by atoms with Crippen molar-refractivity contribution in [3.05, 3.63) is 119 Å². The van der Waals surface area contributed by atoms with Crippen LogP contribution in [0.15, 0.2) is 72.8 Å². The Morgan fingerprint density at radius 1 is 0.561 bits per heavy atom. The van der Waals surface area contributed by atoms with Crippen molar-refractivity contribution in [2.45, 2.75) is 13.1 Å². The van der Waals surface area contributed by atoms with Gasteiger partial charge in [-0.1, -0.05) is 47.9 Å². The quantitative estimate of drug-likeness (QED) is 0.150. The van der Waals surface area contributed by atoms with Crippen molar-refractivity contribution >= 4 is 10.8 Å². The third-order valence-electron chi connectivity index (χ3n) is 6.41. The molecule has 5 aromatic rings. The largest absolute Gasteiger partial charge is 0.458 e. The molecule has 206 valence electrons. The first-order valence-electron chi connectivity index (χ1n) is 11.9. The van der Waals surface area contributed by atoms with Crippen LogP contribution in [0.2, 0.25) is 0 Å². The predicted octanol–water partition coefficient (Wildman–Crippen LogP) is 9.90. The van der Waals surface area contributed by atoms with Gasteiger partial charge >= 0.3 is 6.18 Å². The van der Waals surface area contributed by atoms with Gasteiger partial charge in [0.15, 0.2) is 5.82 Å². The lowest BCUT2D eigenvalue weighted by Crippen LogP contribution is -2.03. The highest BCUT2D eigenvalue weighted by molar-refractivity contribution is 5.90. The van der Waals surface area contributed by atoms with E-state index in [9.17, 15) is 26.3 Å². The van der Waals surface area contributed by atoms with Gasteiger partial charge in [-0.05, 0) is 71.0 Å². The summed E-state index contributed by atoms with van der Waals surface area (Å²) in [5.41, 5.74) is -0.471. The molecule has 0 heterocycles. The number of benzene rings is 5. The van der Waals surface area contributed by atoms with Gasteiger partial charge < -0.3 is 0 Å². The summed E-state index contributed by atoms with van der Waals surface area (Å²) in [6.45, 7) is 1.90. The smallest absolute Gasteiger partial charge is 0.206 e. The summed E-state index contributed by atoms with van der Waals surface area (Å²) in [5, 5.41) is -1.41. The Morgan fingerprint density at radius 3 is 1.76 bits per heavy atom. The second-order valence-electron chi connectivity index (χ2n) is 9.23. The van der Waals surface area contributed by atoms with Gasteiger partial charge in [-0.25, -0.2) is 26.3 Å². The first-order valence-corrected chi connectivity index (χ1v) is 11.9. The Bertz CT molecular complexity index is 1870. The minimum atomic E-state index is -5.05. The van der Waals surface area contributed by atoms with E-state index in [4.69, 9.17) is 0 Å². The van der Waals surface area contributed by atoms with Gasteiger partial charge in [0, 0.05) is 11.5 Å². The lowest BCUT2D eigenvalue weighted by Gasteiger charge is -2.12. The monoisotopic (exact) mass is 570 g/mol. The molecule has 0 radical (unpaired) electrons. The van der Waals surface area contributed by atoms with E-state index in [1.54, 1.807) is 18.2 Å². The molecular weight excluding hydrogens is 555 g/mol. The van der Waals surface area contributed by atoms with Crippen LogP contribution in [0.1, 0.15) is 11.1 Å². The van der Waals surface area contributed by atoms with Gasteiger partial charge in [-0.3, -0.25) is 0 Å². The second kappa shape index (κ2) is 10.4. The highest BCUT2D eigenvalue weighted by atomic mass is 19.4. The van der Waals surface area contributed by atoms with Crippen LogP contribution in [-0.4, -0.2) is 6.18 Å². The maximum Gasteiger partial charge on any atom is 0.458 e. The first-order chi connectivity index (χ1) is 19.3. The van der Waals surface area contributed by atoms with Crippen molar-refractivity contribution in [3.8, 4) is 45.2 Å². The van der Waals surface area contributed by atoms with Gasteiger partial charge in [-0.15, -0.1) is 0 Å².